The van der Waals surface area contributed by atoms with Crippen LogP contribution >= 0.6 is 0 Å². The molecule has 2 N–H and O–H groups in total. The topological polar surface area (TPSA) is 77.2 Å². The summed E-state index contributed by atoms with van der Waals surface area (Å²) in [6.45, 7) is 0.629. The molecule has 1 aliphatic carbocycles. The molecule has 1 fully saturated rings. The first-order valence-corrected chi connectivity index (χ1v) is 9.46. The zero-order valence-corrected chi connectivity index (χ0v) is 12.6. The van der Waals surface area contributed by atoms with Gasteiger partial charge >= 0.3 is 0 Å². The van der Waals surface area contributed by atoms with Crippen molar-refractivity contribution in [2.24, 2.45) is 11.1 Å². The van der Waals surface area contributed by atoms with Crippen molar-refractivity contribution in [2.45, 2.75) is 29.1 Å². The van der Waals surface area contributed by atoms with Crippen LogP contribution in [0.2, 0.25) is 0 Å². The standard InChI is InChI=1S/C13H19NO3S2/c1-19(16,17)12-4-2-11(3-5-12)18(15)10-13(6-7-13)8-9-14/h2-5H,6-10,14H2,1H3. The van der Waals surface area contributed by atoms with Crippen LogP contribution in [0, 0.1) is 5.41 Å². The minimum absolute atomic E-state index is 0.162. The first kappa shape index (κ1) is 14.7. The Hall–Kier alpha value is -0.720. The van der Waals surface area contributed by atoms with Crippen molar-refractivity contribution in [2.75, 3.05) is 18.6 Å². The van der Waals surface area contributed by atoms with Crippen molar-refractivity contribution in [1.82, 2.24) is 0 Å². The summed E-state index contributed by atoms with van der Waals surface area (Å²) in [7, 11) is -4.27. The van der Waals surface area contributed by atoms with Crippen molar-refractivity contribution in [3.05, 3.63) is 24.3 Å². The molecule has 1 unspecified atom stereocenters. The van der Waals surface area contributed by atoms with Crippen LogP contribution in [0.15, 0.2) is 34.1 Å². The van der Waals surface area contributed by atoms with Gasteiger partial charge in [0.15, 0.2) is 9.84 Å². The zero-order chi connectivity index (χ0) is 14.1. The molecule has 1 atom stereocenters. The lowest BCUT2D eigenvalue weighted by Gasteiger charge is -2.13. The Morgan fingerprint density at radius 2 is 1.84 bits per heavy atom. The highest BCUT2D eigenvalue weighted by Gasteiger charge is 2.43. The van der Waals surface area contributed by atoms with Crippen LogP contribution in [-0.4, -0.2) is 31.2 Å². The number of sulfone groups is 1. The summed E-state index contributed by atoms with van der Waals surface area (Å²) < 4.78 is 35.0. The smallest absolute Gasteiger partial charge is 0.175 e. The Morgan fingerprint density at radius 3 is 2.26 bits per heavy atom. The predicted octanol–water partition coefficient (Wildman–Crippen LogP) is 1.33. The van der Waals surface area contributed by atoms with Crippen LogP contribution in [0.4, 0.5) is 0 Å². The van der Waals surface area contributed by atoms with Gasteiger partial charge in [0.1, 0.15) is 0 Å². The van der Waals surface area contributed by atoms with Gasteiger partial charge in [-0.1, -0.05) is 0 Å². The molecule has 6 heteroatoms. The summed E-state index contributed by atoms with van der Waals surface area (Å²) in [4.78, 5) is 0.951. The average Bonchev–Trinajstić information content (AvgIpc) is 3.08. The molecule has 0 heterocycles. The Balaban J connectivity index is 2.08. The van der Waals surface area contributed by atoms with Gasteiger partial charge < -0.3 is 5.73 Å². The maximum absolute atomic E-state index is 12.3. The zero-order valence-electron chi connectivity index (χ0n) is 11.0. The second-order valence-electron chi connectivity index (χ2n) is 5.27. The Labute approximate surface area is 116 Å². The van der Waals surface area contributed by atoms with Crippen LogP contribution in [0.3, 0.4) is 0 Å². The van der Waals surface area contributed by atoms with Crippen molar-refractivity contribution in [3.8, 4) is 0 Å². The molecule has 0 radical (unpaired) electrons. The van der Waals surface area contributed by atoms with Gasteiger partial charge in [-0.05, 0) is 55.5 Å². The average molecular weight is 301 g/mol. The summed E-state index contributed by atoms with van der Waals surface area (Å²) in [5.41, 5.74) is 5.73. The fraction of sp³-hybridized carbons (Fsp3) is 0.538. The largest absolute Gasteiger partial charge is 0.330 e. The molecule has 1 aromatic rings. The third-order valence-corrected chi connectivity index (χ3v) is 6.38. The second kappa shape index (κ2) is 5.34. The van der Waals surface area contributed by atoms with Crippen molar-refractivity contribution in [1.29, 1.82) is 0 Å². The van der Waals surface area contributed by atoms with E-state index in [1.165, 1.54) is 18.4 Å². The van der Waals surface area contributed by atoms with E-state index in [1.54, 1.807) is 12.1 Å². The molecule has 2 rings (SSSR count). The van der Waals surface area contributed by atoms with Crippen LogP contribution in [0.25, 0.3) is 0 Å². The van der Waals surface area contributed by atoms with E-state index in [4.69, 9.17) is 5.73 Å². The minimum Gasteiger partial charge on any atom is -0.330 e. The second-order valence-corrected chi connectivity index (χ2v) is 8.74. The molecule has 19 heavy (non-hydrogen) atoms. The minimum atomic E-state index is -3.19. The third-order valence-electron chi connectivity index (χ3n) is 3.58. The van der Waals surface area contributed by atoms with E-state index in [1.807, 2.05) is 0 Å². The van der Waals surface area contributed by atoms with Gasteiger partial charge in [0, 0.05) is 16.9 Å². The number of hydrogen-bond donors (Lipinski definition) is 1. The molecule has 1 aliphatic rings. The van der Waals surface area contributed by atoms with E-state index < -0.39 is 20.6 Å². The van der Waals surface area contributed by atoms with Gasteiger partial charge in [-0.15, -0.1) is 0 Å². The van der Waals surface area contributed by atoms with Crippen molar-refractivity contribution >= 4 is 20.6 Å². The molecule has 0 saturated heterocycles. The normalized spacial score (nSPS) is 19.1. The summed E-state index contributed by atoms with van der Waals surface area (Å²) in [5, 5.41) is 0. The summed E-state index contributed by atoms with van der Waals surface area (Å²) in [6.07, 6.45) is 4.27. The number of rotatable bonds is 6. The lowest BCUT2D eigenvalue weighted by molar-refractivity contribution is 0.529. The Bertz CT molecular complexity index is 574. The maximum Gasteiger partial charge on any atom is 0.175 e. The van der Waals surface area contributed by atoms with E-state index in [9.17, 15) is 12.6 Å². The van der Waals surface area contributed by atoms with Crippen molar-refractivity contribution in [3.63, 3.8) is 0 Å². The van der Waals surface area contributed by atoms with Crippen LogP contribution < -0.4 is 5.73 Å². The molecule has 4 nitrogen and oxygen atoms in total. The molecular formula is C13H19NO3S2. The summed E-state index contributed by atoms with van der Waals surface area (Å²) in [6, 6.07) is 6.33. The van der Waals surface area contributed by atoms with E-state index >= 15 is 0 Å². The summed E-state index contributed by atoms with van der Waals surface area (Å²) in [5.74, 6) is 0.627. The Morgan fingerprint density at radius 1 is 1.26 bits per heavy atom. The number of nitrogens with two attached hydrogens (primary N) is 1. The van der Waals surface area contributed by atoms with Crippen molar-refractivity contribution < 1.29 is 12.6 Å². The highest BCUT2D eigenvalue weighted by atomic mass is 32.2. The van der Waals surface area contributed by atoms with Gasteiger partial charge in [0.05, 0.1) is 15.7 Å². The van der Waals surface area contributed by atoms with E-state index in [-0.39, 0.29) is 10.3 Å². The molecule has 0 spiro atoms. The van der Waals surface area contributed by atoms with Gasteiger partial charge in [-0.3, -0.25) is 4.21 Å². The highest BCUT2D eigenvalue weighted by molar-refractivity contribution is 7.90. The molecular weight excluding hydrogens is 282 g/mol. The molecule has 0 aliphatic heterocycles. The van der Waals surface area contributed by atoms with E-state index in [0.717, 1.165) is 19.3 Å². The lowest BCUT2D eigenvalue weighted by Crippen LogP contribution is -2.17. The first-order chi connectivity index (χ1) is 8.86. The number of hydrogen-bond acceptors (Lipinski definition) is 4. The number of benzene rings is 1. The van der Waals surface area contributed by atoms with Gasteiger partial charge in [-0.2, -0.15) is 0 Å². The van der Waals surface area contributed by atoms with Gasteiger partial charge in [-0.25, -0.2) is 8.42 Å². The van der Waals surface area contributed by atoms with Crippen LogP contribution in [0.1, 0.15) is 19.3 Å². The molecule has 0 aromatic heterocycles. The van der Waals surface area contributed by atoms with E-state index in [0.29, 0.717) is 17.2 Å². The molecule has 0 amide bonds. The quantitative estimate of drug-likeness (QED) is 0.860. The molecule has 106 valence electrons. The third kappa shape index (κ3) is 3.64. The molecule has 1 aromatic carbocycles. The highest BCUT2D eigenvalue weighted by Crippen LogP contribution is 2.49. The monoisotopic (exact) mass is 301 g/mol. The molecule has 1 saturated carbocycles. The maximum atomic E-state index is 12.3. The van der Waals surface area contributed by atoms with Gasteiger partial charge in [0.2, 0.25) is 0 Å². The summed E-state index contributed by atoms with van der Waals surface area (Å²) >= 11 is 0. The lowest BCUT2D eigenvalue weighted by atomic mass is 10.1. The van der Waals surface area contributed by atoms with Crippen LogP contribution in [-0.2, 0) is 20.6 Å². The van der Waals surface area contributed by atoms with E-state index in [2.05, 4.69) is 0 Å². The van der Waals surface area contributed by atoms with Crippen LogP contribution in [0.5, 0.6) is 0 Å². The van der Waals surface area contributed by atoms with Gasteiger partial charge in [0.25, 0.3) is 0 Å². The SMILES string of the molecule is CS(=O)(=O)c1ccc(S(=O)CC2(CCN)CC2)cc1. The molecule has 0 bridgehead atoms. The fourth-order valence-electron chi connectivity index (χ4n) is 2.15. The first-order valence-electron chi connectivity index (χ1n) is 6.25. The Kier molecular flexibility index (Phi) is 4.13. The predicted molar refractivity (Wildman–Crippen MR) is 76.2 cm³/mol. The fourth-order valence-corrected chi connectivity index (χ4v) is 4.38.